The molecule has 18 heavy (non-hydrogen) atoms. The molecule has 0 unspecified atom stereocenters. The van der Waals surface area contributed by atoms with E-state index in [-0.39, 0.29) is 17.1 Å². The first-order chi connectivity index (χ1) is 8.23. The molecule has 1 N–H and O–H groups in total. The van der Waals surface area contributed by atoms with E-state index >= 15 is 0 Å². The molecule has 0 saturated carbocycles. The molecule has 0 aromatic carbocycles. The molecule has 0 saturated heterocycles. The molecule has 0 aliphatic carbocycles. The molecule has 0 aliphatic rings. The smallest absolute Gasteiger partial charge is 0.481 e. The summed E-state index contributed by atoms with van der Waals surface area (Å²) in [6, 6.07) is 1.31. The molecule has 9 heteroatoms. The fourth-order valence-electron chi connectivity index (χ4n) is 1.21. The molecule has 0 spiro atoms. The van der Waals surface area contributed by atoms with E-state index in [1.165, 1.54) is 6.07 Å². The van der Waals surface area contributed by atoms with Crippen LogP contribution in [0.1, 0.15) is 11.3 Å². The van der Waals surface area contributed by atoms with Crippen LogP contribution in [0.4, 0.5) is 13.2 Å². The van der Waals surface area contributed by atoms with Crippen molar-refractivity contribution in [2.24, 2.45) is 0 Å². The minimum absolute atomic E-state index is 0.0460. The quantitative estimate of drug-likeness (QED) is 0.484. The monoisotopic (exact) mass is 395 g/mol. The number of carbonyl (C=O) groups is 1. The van der Waals surface area contributed by atoms with Gasteiger partial charge >= 0.3 is 12.3 Å². The Kier molecular flexibility index (Phi) is 5.02. The molecular weight excluding hydrogens is 389 g/mol. The predicted octanol–water partition coefficient (Wildman–Crippen LogP) is 2.95. The van der Waals surface area contributed by atoms with Crippen LogP contribution in [0, 0.1) is 3.70 Å². The SMILES string of the molecule is O=C(O)Cc1nc(I)cc(CCl)c1OC(F)(F)F. The van der Waals surface area contributed by atoms with Crippen LogP contribution in [0.15, 0.2) is 6.07 Å². The van der Waals surface area contributed by atoms with Crippen molar-refractivity contribution in [1.29, 1.82) is 0 Å². The lowest BCUT2D eigenvalue weighted by Crippen LogP contribution is -2.20. The highest BCUT2D eigenvalue weighted by molar-refractivity contribution is 14.1. The van der Waals surface area contributed by atoms with E-state index in [2.05, 4.69) is 9.72 Å². The van der Waals surface area contributed by atoms with Crippen molar-refractivity contribution in [3.05, 3.63) is 21.0 Å². The van der Waals surface area contributed by atoms with E-state index in [1.807, 2.05) is 0 Å². The highest BCUT2D eigenvalue weighted by Crippen LogP contribution is 2.31. The van der Waals surface area contributed by atoms with Crippen LogP contribution in [-0.2, 0) is 17.1 Å². The van der Waals surface area contributed by atoms with Crippen molar-refractivity contribution in [3.8, 4) is 5.75 Å². The number of hydrogen-bond acceptors (Lipinski definition) is 3. The van der Waals surface area contributed by atoms with Crippen molar-refractivity contribution >= 4 is 40.2 Å². The molecule has 0 fully saturated rings. The number of ether oxygens (including phenoxy) is 1. The summed E-state index contributed by atoms with van der Waals surface area (Å²) in [5.41, 5.74) is -0.257. The van der Waals surface area contributed by atoms with Gasteiger partial charge in [-0.05, 0) is 28.7 Å². The third kappa shape index (κ3) is 4.48. The Labute approximate surface area is 118 Å². The Hall–Kier alpha value is -0.770. The summed E-state index contributed by atoms with van der Waals surface area (Å²) in [7, 11) is 0. The van der Waals surface area contributed by atoms with E-state index in [0.717, 1.165) is 0 Å². The maximum atomic E-state index is 12.2. The van der Waals surface area contributed by atoms with Crippen molar-refractivity contribution in [3.63, 3.8) is 0 Å². The van der Waals surface area contributed by atoms with E-state index < -0.39 is 24.5 Å². The summed E-state index contributed by atoms with van der Waals surface area (Å²) in [5.74, 6) is -2.19. The largest absolute Gasteiger partial charge is 0.573 e. The van der Waals surface area contributed by atoms with Crippen molar-refractivity contribution in [1.82, 2.24) is 4.98 Å². The Morgan fingerprint density at radius 3 is 2.61 bits per heavy atom. The first kappa shape index (κ1) is 15.3. The summed E-state index contributed by atoms with van der Waals surface area (Å²) in [4.78, 5) is 14.3. The number of rotatable bonds is 4. The Morgan fingerprint density at radius 2 is 2.17 bits per heavy atom. The number of aromatic nitrogens is 1. The van der Waals surface area contributed by atoms with Gasteiger partial charge in [0, 0.05) is 5.56 Å². The molecule has 0 amide bonds. The van der Waals surface area contributed by atoms with Gasteiger partial charge < -0.3 is 9.84 Å². The first-order valence-corrected chi connectivity index (χ1v) is 6.06. The Balaban J connectivity index is 3.28. The number of alkyl halides is 4. The van der Waals surface area contributed by atoms with Crippen molar-refractivity contribution in [2.75, 3.05) is 0 Å². The second-order valence-corrected chi connectivity index (χ2v) is 4.50. The summed E-state index contributed by atoms with van der Waals surface area (Å²) in [6.07, 6.45) is -5.60. The summed E-state index contributed by atoms with van der Waals surface area (Å²) in [6.45, 7) is 0. The zero-order valence-electron chi connectivity index (χ0n) is 8.59. The standard InChI is InChI=1S/C9H6ClF3INO3/c10-3-4-1-6(14)15-5(2-7(16)17)8(4)18-9(11,12)13/h1H,2-3H2,(H,16,17). The first-order valence-electron chi connectivity index (χ1n) is 4.44. The Bertz CT molecular complexity index is 467. The van der Waals surface area contributed by atoms with Crippen LogP contribution >= 0.6 is 34.2 Å². The maximum absolute atomic E-state index is 12.2. The van der Waals surface area contributed by atoms with Gasteiger partial charge in [0.2, 0.25) is 0 Å². The number of hydrogen-bond donors (Lipinski definition) is 1. The molecule has 4 nitrogen and oxygen atoms in total. The van der Waals surface area contributed by atoms with Gasteiger partial charge in [-0.25, -0.2) is 4.98 Å². The molecule has 0 bridgehead atoms. The van der Waals surface area contributed by atoms with E-state index in [9.17, 15) is 18.0 Å². The van der Waals surface area contributed by atoms with E-state index in [0.29, 0.717) is 3.70 Å². The lowest BCUT2D eigenvalue weighted by Gasteiger charge is -2.15. The average molecular weight is 396 g/mol. The van der Waals surface area contributed by atoms with Gasteiger partial charge in [0.25, 0.3) is 0 Å². The zero-order chi connectivity index (χ0) is 13.9. The summed E-state index contributed by atoms with van der Waals surface area (Å²) >= 11 is 7.27. The third-order valence-electron chi connectivity index (χ3n) is 1.77. The maximum Gasteiger partial charge on any atom is 0.573 e. The molecule has 0 atom stereocenters. The van der Waals surface area contributed by atoms with Crippen molar-refractivity contribution < 1.29 is 27.8 Å². The van der Waals surface area contributed by atoms with Crippen LogP contribution < -0.4 is 4.74 Å². The van der Waals surface area contributed by atoms with Gasteiger partial charge in [-0.3, -0.25) is 4.79 Å². The third-order valence-corrected chi connectivity index (χ3v) is 2.61. The number of carboxylic acid groups (broad SMARTS) is 1. The highest BCUT2D eigenvalue weighted by Gasteiger charge is 2.34. The molecule has 0 radical (unpaired) electrons. The second-order valence-electron chi connectivity index (χ2n) is 3.13. The van der Waals surface area contributed by atoms with Gasteiger partial charge in [0.05, 0.1) is 18.0 Å². The minimum Gasteiger partial charge on any atom is -0.481 e. The molecule has 1 aromatic heterocycles. The number of halogens is 5. The topological polar surface area (TPSA) is 59.4 Å². The van der Waals surface area contributed by atoms with Gasteiger partial charge in [0.15, 0.2) is 5.75 Å². The number of pyridine rings is 1. The van der Waals surface area contributed by atoms with Crippen LogP contribution in [0.5, 0.6) is 5.75 Å². The normalized spacial score (nSPS) is 11.4. The van der Waals surface area contributed by atoms with E-state index in [4.69, 9.17) is 16.7 Å². The number of aliphatic carboxylic acids is 1. The lowest BCUT2D eigenvalue weighted by molar-refractivity contribution is -0.275. The fourth-order valence-corrected chi connectivity index (χ4v) is 2.07. The van der Waals surface area contributed by atoms with Gasteiger partial charge in [-0.15, -0.1) is 24.8 Å². The lowest BCUT2D eigenvalue weighted by atomic mass is 10.2. The Morgan fingerprint density at radius 1 is 1.56 bits per heavy atom. The molecular formula is C9H6ClF3INO3. The molecule has 1 rings (SSSR count). The van der Waals surface area contributed by atoms with Crippen LogP contribution in [-0.4, -0.2) is 22.4 Å². The fraction of sp³-hybridized carbons (Fsp3) is 0.333. The summed E-state index contributed by atoms with van der Waals surface area (Å²) < 4.78 is 40.8. The van der Waals surface area contributed by atoms with Gasteiger partial charge in [0.1, 0.15) is 3.70 Å². The number of nitrogens with zero attached hydrogens (tertiary/aromatic N) is 1. The van der Waals surface area contributed by atoms with Gasteiger partial charge in [-0.2, -0.15) is 0 Å². The van der Waals surface area contributed by atoms with E-state index in [1.54, 1.807) is 22.6 Å². The van der Waals surface area contributed by atoms with Crippen LogP contribution in [0.3, 0.4) is 0 Å². The second kappa shape index (κ2) is 5.91. The highest BCUT2D eigenvalue weighted by atomic mass is 127. The zero-order valence-corrected chi connectivity index (χ0v) is 11.5. The number of carboxylic acids is 1. The molecule has 1 heterocycles. The predicted molar refractivity (Wildman–Crippen MR) is 64.5 cm³/mol. The average Bonchev–Trinajstić information content (AvgIpc) is 2.19. The molecule has 100 valence electrons. The summed E-state index contributed by atoms with van der Waals surface area (Å²) in [5, 5.41) is 8.63. The van der Waals surface area contributed by atoms with Gasteiger partial charge in [-0.1, -0.05) is 0 Å². The molecule has 1 aromatic rings. The molecule has 0 aliphatic heterocycles. The van der Waals surface area contributed by atoms with Crippen LogP contribution in [0.25, 0.3) is 0 Å². The minimum atomic E-state index is -4.93. The van der Waals surface area contributed by atoms with Crippen molar-refractivity contribution in [2.45, 2.75) is 18.7 Å². The van der Waals surface area contributed by atoms with Crippen LogP contribution in [0.2, 0.25) is 0 Å².